The minimum absolute atomic E-state index is 0. The van der Waals surface area contributed by atoms with Gasteiger partial charge in [0, 0.05) is 11.6 Å². The fourth-order valence-corrected chi connectivity index (χ4v) is 3.13. The lowest BCUT2D eigenvalue weighted by molar-refractivity contribution is -0.131. The average molecular weight is 317 g/mol. The Balaban J connectivity index is 0.00000200. The molecule has 0 spiro atoms. The summed E-state index contributed by atoms with van der Waals surface area (Å²) in [6, 6.07) is 7.51. The molecule has 0 heterocycles. The number of rotatable bonds is 4. The van der Waals surface area contributed by atoms with Gasteiger partial charge in [-0.1, -0.05) is 42.6 Å². The zero-order chi connectivity index (χ0) is 13.9. The fraction of sp³-hybridized carbons (Fsp3) is 0.533. The standard InChI is InChI=1S/C15H21ClN2O.ClH/c1-11(12-6-2-3-7-13(12)16)18-14(19)15(10-17)8-4-5-9-15;/h2-3,6-7,11H,4-5,8-10,17H2,1H3,(H,18,19);1H. The molecule has 2 rings (SSSR count). The van der Waals surface area contributed by atoms with Crippen LogP contribution in [-0.2, 0) is 4.79 Å². The van der Waals surface area contributed by atoms with Gasteiger partial charge in [0.15, 0.2) is 0 Å². The second kappa shape index (κ2) is 7.30. The van der Waals surface area contributed by atoms with Crippen molar-refractivity contribution in [2.45, 2.75) is 38.6 Å². The highest BCUT2D eigenvalue weighted by molar-refractivity contribution is 6.31. The number of hydrogen-bond donors (Lipinski definition) is 2. The smallest absolute Gasteiger partial charge is 0.227 e. The van der Waals surface area contributed by atoms with Crippen molar-refractivity contribution in [3.05, 3.63) is 34.9 Å². The molecule has 0 saturated heterocycles. The van der Waals surface area contributed by atoms with E-state index < -0.39 is 0 Å². The highest BCUT2D eigenvalue weighted by atomic mass is 35.5. The summed E-state index contributed by atoms with van der Waals surface area (Å²) in [4.78, 5) is 12.5. The molecule has 1 fully saturated rings. The van der Waals surface area contributed by atoms with E-state index in [4.69, 9.17) is 17.3 Å². The normalized spacial score (nSPS) is 18.1. The number of nitrogens with two attached hydrogens (primary N) is 1. The van der Waals surface area contributed by atoms with Crippen molar-refractivity contribution in [2.75, 3.05) is 6.54 Å². The van der Waals surface area contributed by atoms with Gasteiger partial charge in [-0.15, -0.1) is 12.4 Å². The summed E-state index contributed by atoms with van der Waals surface area (Å²) in [5.41, 5.74) is 6.41. The molecule has 0 radical (unpaired) electrons. The maximum Gasteiger partial charge on any atom is 0.227 e. The van der Waals surface area contributed by atoms with Gasteiger partial charge in [0.05, 0.1) is 11.5 Å². The second-order valence-electron chi connectivity index (χ2n) is 5.41. The quantitative estimate of drug-likeness (QED) is 0.893. The summed E-state index contributed by atoms with van der Waals surface area (Å²) in [5, 5.41) is 3.75. The van der Waals surface area contributed by atoms with Crippen LogP contribution in [0.1, 0.15) is 44.2 Å². The summed E-state index contributed by atoms with van der Waals surface area (Å²) >= 11 is 6.15. The van der Waals surface area contributed by atoms with E-state index in [-0.39, 0.29) is 29.8 Å². The van der Waals surface area contributed by atoms with Crippen LogP contribution in [0.3, 0.4) is 0 Å². The molecule has 1 saturated carbocycles. The van der Waals surface area contributed by atoms with E-state index in [1.165, 1.54) is 0 Å². The van der Waals surface area contributed by atoms with Gasteiger partial charge in [0.1, 0.15) is 0 Å². The summed E-state index contributed by atoms with van der Waals surface area (Å²) in [5.74, 6) is 0.0694. The Hall–Kier alpha value is -0.770. The van der Waals surface area contributed by atoms with Crippen LogP contribution in [0.2, 0.25) is 5.02 Å². The molecule has 0 aromatic heterocycles. The van der Waals surface area contributed by atoms with E-state index in [1.54, 1.807) is 0 Å². The number of benzene rings is 1. The molecular weight excluding hydrogens is 295 g/mol. The predicted molar refractivity (Wildman–Crippen MR) is 85.2 cm³/mol. The molecule has 0 aliphatic heterocycles. The van der Waals surface area contributed by atoms with Crippen molar-refractivity contribution in [1.82, 2.24) is 5.32 Å². The van der Waals surface area contributed by atoms with E-state index in [9.17, 15) is 4.79 Å². The van der Waals surface area contributed by atoms with E-state index in [0.717, 1.165) is 31.2 Å². The fourth-order valence-electron chi connectivity index (χ4n) is 2.83. The second-order valence-corrected chi connectivity index (χ2v) is 5.82. The number of carbonyl (C=O) groups is 1. The number of halogens is 2. The molecule has 112 valence electrons. The van der Waals surface area contributed by atoms with Crippen molar-refractivity contribution in [3.63, 3.8) is 0 Å². The Labute approximate surface area is 131 Å². The first-order valence-electron chi connectivity index (χ1n) is 6.84. The predicted octanol–water partition coefficient (Wildman–Crippen LogP) is 3.46. The molecule has 3 nitrogen and oxygen atoms in total. The first kappa shape index (κ1) is 17.3. The lowest BCUT2D eigenvalue weighted by atomic mass is 9.85. The minimum atomic E-state index is -0.366. The van der Waals surface area contributed by atoms with Gasteiger partial charge in [0.2, 0.25) is 5.91 Å². The molecule has 1 amide bonds. The van der Waals surface area contributed by atoms with Crippen molar-refractivity contribution in [1.29, 1.82) is 0 Å². The molecular formula is C15H22Cl2N2O. The first-order chi connectivity index (χ1) is 9.09. The Kier molecular flexibility index (Phi) is 6.31. The largest absolute Gasteiger partial charge is 0.349 e. The van der Waals surface area contributed by atoms with Gasteiger partial charge in [-0.3, -0.25) is 4.79 Å². The zero-order valence-corrected chi connectivity index (χ0v) is 13.3. The third kappa shape index (κ3) is 3.46. The van der Waals surface area contributed by atoms with E-state index in [2.05, 4.69) is 5.32 Å². The highest BCUT2D eigenvalue weighted by Gasteiger charge is 2.40. The van der Waals surface area contributed by atoms with Gasteiger partial charge in [0.25, 0.3) is 0 Å². The number of nitrogens with one attached hydrogen (secondary N) is 1. The molecule has 20 heavy (non-hydrogen) atoms. The Morgan fingerprint density at radius 2 is 2.00 bits per heavy atom. The summed E-state index contributed by atoms with van der Waals surface area (Å²) in [6.07, 6.45) is 3.96. The van der Waals surface area contributed by atoms with Gasteiger partial charge >= 0.3 is 0 Å². The van der Waals surface area contributed by atoms with Gasteiger partial charge < -0.3 is 11.1 Å². The summed E-state index contributed by atoms with van der Waals surface area (Å²) in [7, 11) is 0. The summed E-state index contributed by atoms with van der Waals surface area (Å²) < 4.78 is 0. The van der Waals surface area contributed by atoms with Crippen LogP contribution in [0.4, 0.5) is 0 Å². The van der Waals surface area contributed by atoms with Crippen LogP contribution in [0, 0.1) is 5.41 Å². The SMILES string of the molecule is CC(NC(=O)C1(CN)CCCC1)c1ccccc1Cl.Cl. The van der Waals surface area contributed by atoms with Crippen molar-refractivity contribution >= 4 is 29.9 Å². The van der Waals surface area contributed by atoms with Crippen LogP contribution in [0.25, 0.3) is 0 Å². The van der Waals surface area contributed by atoms with Crippen LogP contribution < -0.4 is 11.1 Å². The molecule has 1 aromatic carbocycles. The zero-order valence-electron chi connectivity index (χ0n) is 11.7. The lowest BCUT2D eigenvalue weighted by Gasteiger charge is -2.28. The third-order valence-corrected chi connectivity index (χ3v) is 4.50. The molecule has 1 aliphatic rings. The molecule has 1 unspecified atom stereocenters. The topological polar surface area (TPSA) is 55.1 Å². The highest BCUT2D eigenvalue weighted by Crippen LogP contribution is 2.38. The first-order valence-corrected chi connectivity index (χ1v) is 7.22. The van der Waals surface area contributed by atoms with E-state index >= 15 is 0 Å². The number of carbonyl (C=O) groups excluding carboxylic acids is 1. The maximum absolute atomic E-state index is 12.5. The van der Waals surface area contributed by atoms with Crippen LogP contribution in [0.5, 0.6) is 0 Å². The van der Waals surface area contributed by atoms with Crippen molar-refractivity contribution in [3.8, 4) is 0 Å². The van der Waals surface area contributed by atoms with Crippen LogP contribution >= 0.6 is 24.0 Å². The third-order valence-electron chi connectivity index (χ3n) is 4.15. The Morgan fingerprint density at radius 1 is 1.40 bits per heavy atom. The molecule has 1 aromatic rings. The molecule has 5 heteroatoms. The van der Waals surface area contributed by atoms with Gasteiger partial charge in [-0.05, 0) is 31.4 Å². The minimum Gasteiger partial charge on any atom is -0.349 e. The number of amides is 1. The molecule has 3 N–H and O–H groups in total. The van der Waals surface area contributed by atoms with Crippen LogP contribution in [-0.4, -0.2) is 12.5 Å². The lowest BCUT2D eigenvalue weighted by Crippen LogP contribution is -2.45. The van der Waals surface area contributed by atoms with Gasteiger partial charge in [-0.2, -0.15) is 0 Å². The van der Waals surface area contributed by atoms with Gasteiger partial charge in [-0.25, -0.2) is 0 Å². The maximum atomic E-state index is 12.5. The van der Waals surface area contributed by atoms with E-state index in [0.29, 0.717) is 11.6 Å². The van der Waals surface area contributed by atoms with Crippen LogP contribution in [0.15, 0.2) is 24.3 Å². The molecule has 1 aliphatic carbocycles. The molecule has 0 bridgehead atoms. The van der Waals surface area contributed by atoms with Crippen molar-refractivity contribution < 1.29 is 4.79 Å². The van der Waals surface area contributed by atoms with E-state index in [1.807, 2.05) is 31.2 Å². The molecule has 1 atom stereocenters. The average Bonchev–Trinajstić information content (AvgIpc) is 2.89. The summed E-state index contributed by atoms with van der Waals surface area (Å²) in [6.45, 7) is 2.38. The monoisotopic (exact) mass is 316 g/mol. The van der Waals surface area contributed by atoms with Crippen molar-refractivity contribution in [2.24, 2.45) is 11.1 Å². The Bertz CT molecular complexity index is 459. The Morgan fingerprint density at radius 3 is 2.55 bits per heavy atom. The number of hydrogen-bond acceptors (Lipinski definition) is 2.